The highest BCUT2D eigenvalue weighted by atomic mass is 16.5. The molecule has 164 valence electrons. The first-order chi connectivity index (χ1) is 13.7. The van der Waals surface area contributed by atoms with Crippen LogP contribution in [0, 0.1) is 46.3 Å². The molecule has 0 heterocycles. The van der Waals surface area contributed by atoms with Gasteiger partial charge in [0.25, 0.3) is 0 Å². The van der Waals surface area contributed by atoms with Gasteiger partial charge in [-0.25, -0.2) is 0 Å². The van der Waals surface area contributed by atoms with Gasteiger partial charge in [0, 0.05) is 18.8 Å². The third kappa shape index (κ3) is 3.38. The molecule has 4 aliphatic carbocycles. The van der Waals surface area contributed by atoms with Gasteiger partial charge in [-0.15, -0.1) is 0 Å². The summed E-state index contributed by atoms with van der Waals surface area (Å²) in [6.45, 7) is 7.18. The number of ether oxygens (including phenoxy) is 1. The summed E-state index contributed by atoms with van der Waals surface area (Å²) < 4.78 is 4.85. The smallest absolute Gasteiger partial charge is 0.305 e. The Morgan fingerprint density at radius 3 is 2.55 bits per heavy atom. The molecule has 0 aromatic heterocycles. The van der Waals surface area contributed by atoms with Crippen molar-refractivity contribution in [2.75, 3.05) is 7.11 Å². The van der Waals surface area contributed by atoms with Gasteiger partial charge in [0.1, 0.15) is 5.78 Å². The zero-order valence-electron chi connectivity index (χ0n) is 18.8. The number of carbonyl (C=O) groups is 2. The molecule has 0 spiro atoms. The van der Waals surface area contributed by atoms with E-state index in [1.54, 1.807) is 0 Å². The van der Waals surface area contributed by atoms with Crippen LogP contribution in [0.3, 0.4) is 0 Å². The highest BCUT2D eigenvalue weighted by molar-refractivity contribution is 5.83. The van der Waals surface area contributed by atoms with E-state index in [4.69, 9.17) is 4.74 Å². The van der Waals surface area contributed by atoms with Gasteiger partial charge in [0.2, 0.25) is 0 Å². The van der Waals surface area contributed by atoms with Crippen molar-refractivity contribution in [3.05, 3.63) is 0 Å². The van der Waals surface area contributed by atoms with Crippen LogP contribution in [0.5, 0.6) is 0 Å². The number of aliphatic hydroxyl groups is 1. The second-order valence-corrected chi connectivity index (χ2v) is 11.4. The van der Waals surface area contributed by atoms with Crippen molar-refractivity contribution < 1.29 is 19.4 Å². The summed E-state index contributed by atoms with van der Waals surface area (Å²) in [5.74, 6) is 3.08. The molecule has 4 rings (SSSR count). The number of carbonyl (C=O) groups excluding carboxylic acids is 2. The summed E-state index contributed by atoms with van der Waals surface area (Å²) in [4.78, 5) is 25.0. The van der Waals surface area contributed by atoms with Crippen molar-refractivity contribution in [2.45, 2.75) is 91.1 Å². The molecular formula is C25H40O4. The largest absolute Gasteiger partial charge is 0.469 e. The Morgan fingerprint density at radius 2 is 1.83 bits per heavy atom. The molecule has 0 radical (unpaired) electrons. The molecule has 0 bridgehead atoms. The lowest BCUT2D eigenvalue weighted by atomic mass is 9.44. The zero-order valence-corrected chi connectivity index (χ0v) is 18.8. The Labute approximate surface area is 176 Å². The van der Waals surface area contributed by atoms with Crippen molar-refractivity contribution in [1.82, 2.24) is 0 Å². The normalized spacial score (nSPS) is 47.7. The highest BCUT2D eigenvalue weighted by Gasteiger charge is 2.62. The van der Waals surface area contributed by atoms with E-state index >= 15 is 0 Å². The SMILES string of the molecule is COC(=O)CC[C@@H](C)[C@H]1CC[C@H]2[C@@H]3C(=O)CC4C[C@H](O)CC[C@]4(C)[C@H]3CC[C@]12C. The summed E-state index contributed by atoms with van der Waals surface area (Å²) in [7, 11) is 1.47. The molecule has 4 fully saturated rings. The summed E-state index contributed by atoms with van der Waals surface area (Å²) in [6.07, 6.45) is 9.40. The third-order valence-electron chi connectivity index (χ3n) is 10.2. The lowest BCUT2D eigenvalue weighted by Crippen LogP contribution is -2.57. The number of rotatable bonds is 4. The van der Waals surface area contributed by atoms with E-state index in [1.165, 1.54) is 26.4 Å². The van der Waals surface area contributed by atoms with E-state index < -0.39 is 0 Å². The van der Waals surface area contributed by atoms with E-state index in [2.05, 4.69) is 20.8 Å². The molecule has 4 nitrogen and oxygen atoms in total. The first kappa shape index (κ1) is 21.3. The maximum atomic E-state index is 13.4. The quantitative estimate of drug-likeness (QED) is 0.685. The molecule has 1 unspecified atom stereocenters. The predicted molar refractivity (Wildman–Crippen MR) is 112 cm³/mol. The van der Waals surface area contributed by atoms with Crippen molar-refractivity contribution in [1.29, 1.82) is 0 Å². The number of hydrogen-bond donors (Lipinski definition) is 1. The number of fused-ring (bicyclic) bond motifs is 5. The number of ketones is 1. The molecule has 4 heteroatoms. The standard InChI is InChI=1S/C25H40O4/c1-15(5-8-22(28)29-4)18-6-7-19-23-20(10-12-25(18,19)3)24(2)11-9-17(26)13-16(24)14-21(23)27/h15-20,23,26H,5-14H2,1-4H3/t15-,16?,17-,18-,19+,20+,23+,24+,25-/m1/s1. The first-order valence-corrected chi connectivity index (χ1v) is 12.0. The van der Waals surface area contributed by atoms with Crippen LogP contribution in [0.2, 0.25) is 0 Å². The maximum absolute atomic E-state index is 13.4. The van der Waals surface area contributed by atoms with E-state index in [-0.39, 0.29) is 28.8 Å². The summed E-state index contributed by atoms with van der Waals surface area (Å²) >= 11 is 0. The molecule has 1 N–H and O–H groups in total. The Kier molecular flexibility index (Phi) is 5.63. The minimum Gasteiger partial charge on any atom is -0.469 e. The van der Waals surface area contributed by atoms with Gasteiger partial charge in [-0.05, 0) is 91.8 Å². The lowest BCUT2D eigenvalue weighted by molar-refractivity contribution is -0.160. The van der Waals surface area contributed by atoms with E-state index in [1.807, 2.05) is 0 Å². The van der Waals surface area contributed by atoms with Crippen LogP contribution in [-0.4, -0.2) is 30.1 Å². The molecular weight excluding hydrogens is 364 g/mol. The number of hydrogen-bond acceptors (Lipinski definition) is 4. The van der Waals surface area contributed by atoms with Gasteiger partial charge in [0.15, 0.2) is 0 Å². The number of esters is 1. The molecule has 0 aliphatic heterocycles. The van der Waals surface area contributed by atoms with E-state index in [0.29, 0.717) is 48.2 Å². The van der Waals surface area contributed by atoms with Gasteiger partial charge in [0.05, 0.1) is 13.2 Å². The lowest BCUT2D eigenvalue weighted by Gasteiger charge is -2.60. The van der Waals surface area contributed by atoms with Crippen LogP contribution in [0.15, 0.2) is 0 Å². The van der Waals surface area contributed by atoms with Gasteiger partial charge >= 0.3 is 5.97 Å². The van der Waals surface area contributed by atoms with Crippen molar-refractivity contribution in [3.8, 4) is 0 Å². The van der Waals surface area contributed by atoms with Gasteiger partial charge < -0.3 is 9.84 Å². The van der Waals surface area contributed by atoms with Gasteiger partial charge in [-0.1, -0.05) is 20.8 Å². The molecule has 4 aliphatic rings. The van der Waals surface area contributed by atoms with Crippen molar-refractivity contribution >= 4 is 11.8 Å². The summed E-state index contributed by atoms with van der Waals surface area (Å²) in [6, 6.07) is 0. The van der Waals surface area contributed by atoms with Crippen LogP contribution in [0.25, 0.3) is 0 Å². The van der Waals surface area contributed by atoms with Gasteiger partial charge in [-0.2, -0.15) is 0 Å². The first-order valence-electron chi connectivity index (χ1n) is 12.0. The fourth-order valence-electron chi connectivity index (χ4n) is 8.53. The molecule has 0 aromatic rings. The maximum Gasteiger partial charge on any atom is 0.305 e. The molecule has 0 saturated heterocycles. The zero-order chi connectivity index (χ0) is 21.0. The van der Waals surface area contributed by atoms with E-state index in [9.17, 15) is 14.7 Å². The topological polar surface area (TPSA) is 63.6 Å². The fraction of sp³-hybridized carbons (Fsp3) is 0.920. The van der Waals surface area contributed by atoms with Crippen LogP contribution < -0.4 is 0 Å². The minimum atomic E-state index is -0.210. The Balaban J connectivity index is 1.53. The second-order valence-electron chi connectivity index (χ2n) is 11.4. The van der Waals surface area contributed by atoms with Crippen LogP contribution in [0.1, 0.15) is 85.0 Å². The van der Waals surface area contributed by atoms with Crippen LogP contribution in [0.4, 0.5) is 0 Å². The van der Waals surface area contributed by atoms with Crippen LogP contribution in [-0.2, 0) is 14.3 Å². The third-order valence-corrected chi connectivity index (χ3v) is 10.2. The molecule has 4 saturated carbocycles. The van der Waals surface area contributed by atoms with Crippen molar-refractivity contribution in [3.63, 3.8) is 0 Å². The Bertz CT molecular complexity index is 659. The van der Waals surface area contributed by atoms with Crippen LogP contribution >= 0.6 is 0 Å². The van der Waals surface area contributed by atoms with Crippen molar-refractivity contribution in [2.24, 2.45) is 46.3 Å². The second kappa shape index (κ2) is 7.66. The molecule has 0 aromatic carbocycles. The van der Waals surface area contributed by atoms with E-state index in [0.717, 1.165) is 32.1 Å². The van der Waals surface area contributed by atoms with Gasteiger partial charge in [-0.3, -0.25) is 9.59 Å². The minimum absolute atomic E-state index is 0.110. The predicted octanol–water partition coefficient (Wildman–Crippen LogP) is 4.77. The Hall–Kier alpha value is -0.900. The Morgan fingerprint density at radius 1 is 1.14 bits per heavy atom. The monoisotopic (exact) mass is 404 g/mol. The molecule has 9 atom stereocenters. The number of methoxy groups -OCH3 is 1. The summed E-state index contributed by atoms with van der Waals surface area (Å²) in [5, 5.41) is 10.2. The highest BCUT2D eigenvalue weighted by Crippen LogP contribution is 2.67. The molecule has 0 amide bonds. The fourth-order valence-corrected chi connectivity index (χ4v) is 8.53. The number of aliphatic hydroxyl groups excluding tert-OH is 1. The average Bonchev–Trinajstić information content (AvgIpc) is 3.04. The number of Topliss-reactive ketones (excluding diaryl/α,β-unsaturated/α-hetero) is 1. The summed E-state index contributed by atoms with van der Waals surface area (Å²) in [5.41, 5.74) is 0.456. The average molecular weight is 405 g/mol. The molecule has 29 heavy (non-hydrogen) atoms.